The molecule has 1 aliphatic heterocycles. The van der Waals surface area contributed by atoms with Gasteiger partial charge in [0.2, 0.25) is 0 Å². The lowest BCUT2D eigenvalue weighted by Gasteiger charge is -2.27. The lowest BCUT2D eigenvalue weighted by Crippen LogP contribution is -2.39. The molecular weight excluding hydrogens is 482 g/mol. The Bertz CT molecular complexity index is 1250. The van der Waals surface area contributed by atoms with E-state index in [1.807, 2.05) is 68.5 Å². The maximum atomic E-state index is 11.1. The molecule has 3 aromatic carbocycles. The molecule has 1 heterocycles. The first-order valence-electron chi connectivity index (χ1n) is 13.0. The van der Waals surface area contributed by atoms with Gasteiger partial charge in [0.1, 0.15) is 24.6 Å². The molecule has 38 heavy (non-hydrogen) atoms. The van der Waals surface area contributed by atoms with Crippen LogP contribution in [0.3, 0.4) is 0 Å². The number of hydrogen-bond donors (Lipinski definition) is 3. The highest BCUT2D eigenvalue weighted by Crippen LogP contribution is 2.32. The van der Waals surface area contributed by atoms with Gasteiger partial charge in [0.15, 0.2) is 11.5 Å². The predicted octanol–water partition coefficient (Wildman–Crippen LogP) is 5.21. The maximum absolute atomic E-state index is 11.1. The fourth-order valence-electron chi connectivity index (χ4n) is 4.44. The van der Waals surface area contributed by atoms with E-state index in [0.29, 0.717) is 31.2 Å². The minimum Gasteiger partial charge on any atom is -0.490 e. The summed E-state index contributed by atoms with van der Waals surface area (Å²) in [6, 6.07) is 18.7. The number of ether oxygens (including phenoxy) is 3. The van der Waals surface area contributed by atoms with E-state index in [4.69, 9.17) is 19.3 Å². The summed E-state index contributed by atoms with van der Waals surface area (Å²) in [5.41, 5.74) is 4.43. The second kappa shape index (κ2) is 13.1. The van der Waals surface area contributed by atoms with Crippen molar-refractivity contribution in [3.05, 3.63) is 83.4 Å². The number of aliphatic hydroxyl groups excluding tert-OH is 1. The number of carbonyl (C=O) groups is 1. The Kier molecular flexibility index (Phi) is 9.40. The molecule has 3 N–H and O–H groups in total. The number of aryl methyl sites for hydroxylation is 1. The molecule has 1 unspecified atom stereocenters. The van der Waals surface area contributed by atoms with Gasteiger partial charge < -0.3 is 29.7 Å². The number of benzene rings is 3. The number of aliphatic hydroxyl groups is 1. The van der Waals surface area contributed by atoms with Gasteiger partial charge in [-0.25, -0.2) is 4.79 Å². The third-order valence-electron chi connectivity index (χ3n) is 6.36. The van der Waals surface area contributed by atoms with Gasteiger partial charge in [0.05, 0.1) is 12.2 Å². The molecule has 0 radical (unpaired) electrons. The number of fused-ring (bicyclic) bond motifs is 1. The highest BCUT2D eigenvalue weighted by molar-refractivity contribution is 5.88. The zero-order valence-corrected chi connectivity index (χ0v) is 21.9. The highest BCUT2D eigenvalue weighted by atomic mass is 16.5. The molecular formula is C31H35NO6. The molecule has 1 aliphatic rings. The first-order chi connectivity index (χ1) is 18.5. The van der Waals surface area contributed by atoms with Gasteiger partial charge >= 0.3 is 5.97 Å². The average molecular weight is 518 g/mol. The van der Waals surface area contributed by atoms with Gasteiger partial charge in [0.25, 0.3) is 0 Å². The summed E-state index contributed by atoms with van der Waals surface area (Å²) in [7, 11) is 0. The topological polar surface area (TPSA) is 97.2 Å². The van der Waals surface area contributed by atoms with E-state index in [1.165, 1.54) is 0 Å². The van der Waals surface area contributed by atoms with Crippen LogP contribution in [0.25, 0.3) is 17.2 Å². The van der Waals surface area contributed by atoms with E-state index in [2.05, 4.69) is 11.4 Å². The summed E-state index contributed by atoms with van der Waals surface area (Å²) in [6.07, 6.45) is 5.03. The Labute approximate surface area is 223 Å². The van der Waals surface area contributed by atoms with Crippen LogP contribution in [0.1, 0.15) is 41.8 Å². The molecule has 4 rings (SSSR count). The van der Waals surface area contributed by atoms with Gasteiger partial charge in [-0.2, -0.15) is 0 Å². The summed E-state index contributed by atoms with van der Waals surface area (Å²) in [6.45, 7) is 5.58. The smallest absolute Gasteiger partial charge is 0.335 e. The number of allylic oxidation sites excluding steroid dienone is 1. The number of rotatable bonds is 12. The molecule has 0 aliphatic carbocycles. The Morgan fingerprint density at radius 2 is 1.87 bits per heavy atom. The Balaban J connectivity index is 1.25. The van der Waals surface area contributed by atoms with Crippen molar-refractivity contribution >= 4 is 12.0 Å². The van der Waals surface area contributed by atoms with Crippen LogP contribution < -0.4 is 19.5 Å². The molecule has 3 aromatic rings. The van der Waals surface area contributed by atoms with E-state index >= 15 is 0 Å². The second-order valence-corrected chi connectivity index (χ2v) is 9.25. The van der Waals surface area contributed by atoms with Crippen molar-refractivity contribution in [1.82, 2.24) is 5.32 Å². The average Bonchev–Trinajstić information content (AvgIpc) is 2.93. The van der Waals surface area contributed by atoms with Gasteiger partial charge in [-0.3, -0.25) is 0 Å². The first kappa shape index (κ1) is 27.2. The summed E-state index contributed by atoms with van der Waals surface area (Å²) >= 11 is 0. The number of hydrogen-bond acceptors (Lipinski definition) is 6. The van der Waals surface area contributed by atoms with Crippen LogP contribution in [0.5, 0.6) is 17.2 Å². The summed E-state index contributed by atoms with van der Waals surface area (Å²) in [5, 5.41) is 22.9. The van der Waals surface area contributed by atoms with Crippen molar-refractivity contribution in [1.29, 1.82) is 0 Å². The van der Waals surface area contributed by atoms with Crippen LogP contribution in [0.4, 0.5) is 0 Å². The van der Waals surface area contributed by atoms with E-state index < -0.39 is 12.1 Å². The third kappa shape index (κ3) is 7.15. The van der Waals surface area contributed by atoms with Crippen LogP contribution in [0.15, 0.2) is 66.7 Å². The lowest BCUT2D eigenvalue weighted by molar-refractivity contribution is 0.0697. The van der Waals surface area contributed by atoms with Crippen molar-refractivity contribution in [2.24, 2.45) is 0 Å². The highest BCUT2D eigenvalue weighted by Gasteiger charge is 2.20. The molecule has 0 fully saturated rings. The standard InChI is InChI=1S/C31H35NO6/c1-3-5-21-6-14-29(36-4-2)30(16-21)37-20-26(33)18-32-19-27-13-11-25-17-24(12-15-28(25)38-27)22-7-9-23(10-8-22)31(34)35/h3,5-10,12,14-17,26-27,32-33H,4,11,13,18-20H2,1-2H3,(H,34,35)/b5-3+/t26?,27-/m1/s1. The lowest BCUT2D eigenvalue weighted by atomic mass is 9.96. The Morgan fingerprint density at radius 1 is 1.08 bits per heavy atom. The van der Waals surface area contributed by atoms with Gasteiger partial charge in [-0.05, 0) is 85.3 Å². The molecule has 200 valence electrons. The summed E-state index contributed by atoms with van der Waals surface area (Å²) in [4.78, 5) is 11.1. The molecule has 0 spiro atoms. The molecule has 7 heteroatoms. The molecule has 7 nitrogen and oxygen atoms in total. The van der Waals surface area contributed by atoms with Crippen molar-refractivity contribution in [3.63, 3.8) is 0 Å². The maximum Gasteiger partial charge on any atom is 0.335 e. The number of aromatic carboxylic acids is 1. The van der Waals surface area contributed by atoms with Gasteiger partial charge in [-0.1, -0.05) is 36.4 Å². The second-order valence-electron chi connectivity index (χ2n) is 9.25. The van der Waals surface area contributed by atoms with E-state index in [1.54, 1.807) is 12.1 Å². The molecule has 2 atom stereocenters. The van der Waals surface area contributed by atoms with Crippen LogP contribution in [0, 0.1) is 0 Å². The minimum absolute atomic E-state index is 0.0124. The third-order valence-corrected chi connectivity index (χ3v) is 6.36. The number of carboxylic acids is 1. The molecule has 0 saturated heterocycles. The largest absolute Gasteiger partial charge is 0.490 e. The number of nitrogens with one attached hydrogen (secondary N) is 1. The van der Waals surface area contributed by atoms with Crippen LogP contribution in [-0.4, -0.2) is 54.7 Å². The SMILES string of the molecule is C/C=C/c1ccc(OCC)c(OCC(O)CNC[C@H]2CCc3cc(-c4ccc(C(=O)O)cc4)ccc3O2)c1. The minimum atomic E-state index is -0.930. The van der Waals surface area contributed by atoms with Crippen LogP contribution in [-0.2, 0) is 6.42 Å². The van der Waals surface area contributed by atoms with Crippen molar-refractivity contribution in [2.45, 2.75) is 38.9 Å². The molecule has 0 amide bonds. The quantitative estimate of drug-likeness (QED) is 0.304. The monoisotopic (exact) mass is 517 g/mol. The Hall–Kier alpha value is -3.81. The van der Waals surface area contributed by atoms with E-state index in [9.17, 15) is 9.90 Å². The molecule has 0 aromatic heterocycles. The summed E-state index contributed by atoms with van der Waals surface area (Å²) in [5.74, 6) is 1.21. The van der Waals surface area contributed by atoms with Gasteiger partial charge in [0, 0.05) is 13.1 Å². The molecule has 0 bridgehead atoms. The Morgan fingerprint density at radius 3 is 2.61 bits per heavy atom. The first-order valence-corrected chi connectivity index (χ1v) is 13.0. The normalized spacial score (nSPS) is 15.5. The van der Waals surface area contributed by atoms with Crippen molar-refractivity contribution in [2.75, 3.05) is 26.3 Å². The summed E-state index contributed by atoms with van der Waals surface area (Å²) < 4.78 is 17.7. The fraction of sp³-hybridized carbons (Fsp3) is 0.323. The zero-order chi connectivity index (χ0) is 26.9. The zero-order valence-electron chi connectivity index (χ0n) is 21.9. The van der Waals surface area contributed by atoms with E-state index in [0.717, 1.165) is 40.8 Å². The van der Waals surface area contributed by atoms with Crippen LogP contribution in [0.2, 0.25) is 0 Å². The predicted molar refractivity (Wildman–Crippen MR) is 148 cm³/mol. The fourth-order valence-corrected chi connectivity index (χ4v) is 4.44. The number of carboxylic acid groups (broad SMARTS) is 1. The molecule has 0 saturated carbocycles. The van der Waals surface area contributed by atoms with E-state index in [-0.39, 0.29) is 18.3 Å². The van der Waals surface area contributed by atoms with Crippen molar-refractivity contribution in [3.8, 4) is 28.4 Å². The van der Waals surface area contributed by atoms with Crippen LogP contribution >= 0.6 is 0 Å². The van der Waals surface area contributed by atoms with Crippen molar-refractivity contribution < 1.29 is 29.2 Å². The van der Waals surface area contributed by atoms with Gasteiger partial charge in [-0.15, -0.1) is 0 Å².